The first kappa shape index (κ1) is 11.9. The molecular weight excluding hydrogens is 186 g/mol. The highest BCUT2D eigenvalue weighted by atomic mass is 16.1. The predicted molar refractivity (Wildman–Crippen MR) is 62.0 cm³/mol. The number of rotatable bonds is 5. The van der Waals surface area contributed by atoms with Crippen LogP contribution < -0.4 is 0 Å². The van der Waals surface area contributed by atoms with Gasteiger partial charge < -0.3 is 0 Å². The van der Waals surface area contributed by atoms with E-state index in [1.54, 1.807) is 12.4 Å². The van der Waals surface area contributed by atoms with Crippen molar-refractivity contribution in [3.05, 3.63) is 29.6 Å². The van der Waals surface area contributed by atoms with Gasteiger partial charge in [0.15, 0.2) is 5.78 Å². The summed E-state index contributed by atoms with van der Waals surface area (Å²) in [6.45, 7) is 6.31. The average Bonchev–Trinajstić information content (AvgIpc) is 2.17. The zero-order chi connectivity index (χ0) is 11.3. The van der Waals surface area contributed by atoms with Gasteiger partial charge in [-0.25, -0.2) is 0 Å². The number of carbonyl (C=O) groups excluding carboxylic acids is 1. The molecule has 0 atom stereocenters. The van der Waals surface area contributed by atoms with Gasteiger partial charge in [-0.3, -0.25) is 9.78 Å². The van der Waals surface area contributed by atoms with Gasteiger partial charge in [0, 0.05) is 24.4 Å². The molecule has 0 radical (unpaired) electrons. The molecule has 0 saturated heterocycles. The fourth-order valence-corrected chi connectivity index (χ4v) is 1.52. The minimum Gasteiger partial charge on any atom is -0.294 e. The lowest BCUT2D eigenvalue weighted by Gasteiger charge is -2.04. The number of aryl methyl sites for hydroxylation is 1. The smallest absolute Gasteiger partial charge is 0.164 e. The highest BCUT2D eigenvalue weighted by molar-refractivity contribution is 5.95. The van der Waals surface area contributed by atoms with E-state index >= 15 is 0 Å². The third kappa shape index (κ3) is 4.24. The van der Waals surface area contributed by atoms with Crippen molar-refractivity contribution in [3.63, 3.8) is 0 Å². The summed E-state index contributed by atoms with van der Waals surface area (Å²) in [6.07, 6.45) is 6.16. The number of aromatic nitrogens is 1. The molecule has 2 nitrogen and oxygen atoms in total. The van der Waals surface area contributed by atoms with Crippen LogP contribution in [0, 0.1) is 12.8 Å². The summed E-state index contributed by atoms with van der Waals surface area (Å²) in [5.41, 5.74) is 1.79. The molecule has 1 heterocycles. The molecule has 1 aromatic rings. The topological polar surface area (TPSA) is 30.0 Å². The highest BCUT2D eigenvalue weighted by Gasteiger charge is 2.06. The zero-order valence-electron chi connectivity index (χ0n) is 9.79. The molecule has 0 unspecified atom stereocenters. The van der Waals surface area contributed by atoms with Crippen molar-refractivity contribution in [3.8, 4) is 0 Å². The molecule has 15 heavy (non-hydrogen) atoms. The number of hydrogen-bond donors (Lipinski definition) is 0. The lowest BCUT2D eigenvalue weighted by molar-refractivity contribution is 0.0978. The van der Waals surface area contributed by atoms with Crippen LogP contribution in [0.3, 0.4) is 0 Å². The predicted octanol–water partition coefficient (Wildman–Crippen LogP) is 3.40. The van der Waals surface area contributed by atoms with Crippen molar-refractivity contribution < 1.29 is 4.79 Å². The Morgan fingerprint density at radius 3 is 2.73 bits per heavy atom. The van der Waals surface area contributed by atoms with E-state index in [2.05, 4.69) is 18.8 Å². The molecule has 1 rings (SSSR count). The van der Waals surface area contributed by atoms with Crippen molar-refractivity contribution >= 4 is 5.78 Å². The van der Waals surface area contributed by atoms with Crippen LogP contribution in [0.2, 0.25) is 0 Å². The largest absolute Gasteiger partial charge is 0.294 e. The van der Waals surface area contributed by atoms with E-state index in [0.29, 0.717) is 12.3 Å². The maximum Gasteiger partial charge on any atom is 0.164 e. The molecule has 0 bridgehead atoms. The lowest BCUT2D eigenvalue weighted by Crippen LogP contribution is -2.01. The number of Topliss-reactive ketones (excluding diaryl/α,β-unsaturated/α-hetero) is 1. The first-order valence-electron chi connectivity index (χ1n) is 5.54. The van der Waals surface area contributed by atoms with Crippen LogP contribution >= 0.6 is 0 Å². The van der Waals surface area contributed by atoms with Gasteiger partial charge in [0.1, 0.15) is 0 Å². The number of carbonyl (C=O) groups is 1. The highest BCUT2D eigenvalue weighted by Crippen LogP contribution is 2.11. The maximum absolute atomic E-state index is 11.7. The number of ketones is 1. The monoisotopic (exact) mass is 205 g/mol. The second-order valence-corrected chi connectivity index (χ2v) is 4.46. The van der Waals surface area contributed by atoms with Gasteiger partial charge in [-0.05, 0) is 30.9 Å². The average molecular weight is 205 g/mol. The molecule has 0 aliphatic rings. The van der Waals surface area contributed by atoms with Crippen LogP contribution in [-0.4, -0.2) is 10.8 Å². The van der Waals surface area contributed by atoms with Gasteiger partial charge in [-0.1, -0.05) is 20.3 Å². The first-order chi connectivity index (χ1) is 7.09. The second-order valence-electron chi connectivity index (χ2n) is 4.46. The van der Waals surface area contributed by atoms with Gasteiger partial charge in [0.25, 0.3) is 0 Å². The summed E-state index contributed by atoms with van der Waals surface area (Å²) in [5.74, 6) is 0.889. The van der Waals surface area contributed by atoms with Crippen molar-refractivity contribution in [2.45, 2.75) is 40.0 Å². The number of hydrogen-bond acceptors (Lipinski definition) is 2. The molecule has 0 N–H and O–H groups in total. The molecule has 0 aliphatic carbocycles. The quantitative estimate of drug-likeness (QED) is 0.689. The summed E-state index contributed by atoms with van der Waals surface area (Å²) < 4.78 is 0. The van der Waals surface area contributed by atoms with Crippen LogP contribution in [0.25, 0.3) is 0 Å². The van der Waals surface area contributed by atoms with Crippen LogP contribution in [0.5, 0.6) is 0 Å². The van der Waals surface area contributed by atoms with Gasteiger partial charge >= 0.3 is 0 Å². The fourth-order valence-electron chi connectivity index (χ4n) is 1.52. The van der Waals surface area contributed by atoms with E-state index in [0.717, 1.165) is 24.0 Å². The molecule has 0 aliphatic heterocycles. The fraction of sp³-hybridized carbons (Fsp3) is 0.538. The number of pyridine rings is 1. The molecule has 0 spiro atoms. The summed E-state index contributed by atoms with van der Waals surface area (Å²) >= 11 is 0. The Morgan fingerprint density at radius 2 is 2.13 bits per heavy atom. The third-order valence-electron chi connectivity index (χ3n) is 2.38. The summed E-state index contributed by atoms with van der Waals surface area (Å²) in [5, 5.41) is 0. The minimum absolute atomic E-state index is 0.215. The van der Waals surface area contributed by atoms with E-state index in [4.69, 9.17) is 0 Å². The molecule has 2 heteroatoms. The van der Waals surface area contributed by atoms with Crippen molar-refractivity contribution in [1.29, 1.82) is 0 Å². The molecule has 0 saturated carbocycles. The molecule has 1 aromatic heterocycles. The lowest BCUT2D eigenvalue weighted by atomic mass is 10.0. The summed E-state index contributed by atoms with van der Waals surface area (Å²) in [7, 11) is 0. The van der Waals surface area contributed by atoms with E-state index < -0.39 is 0 Å². The minimum atomic E-state index is 0.215. The van der Waals surface area contributed by atoms with Crippen molar-refractivity contribution in [2.75, 3.05) is 0 Å². The Kier molecular flexibility index (Phi) is 4.47. The molecule has 0 fully saturated rings. The van der Waals surface area contributed by atoms with E-state index in [1.807, 2.05) is 13.0 Å². The van der Waals surface area contributed by atoms with Crippen LogP contribution in [-0.2, 0) is 0 Å². The van der Waals surface area contributed by atoms with Crippen LogP contribution in [0.4, 0.5) is 0 Å². The Bertz CT molecular complexity index is 331. The summed E-state index contributed by atoms with van der Waals surface area (Å²) in [4.78, 5) is 15.8. The molecular formula is C13H19NO. The van der Waals surface area contributed by atoms with Crippen LogP contribution in [0.15, 0.2) is 18.5 Å². The van der Waals surface area contributed by atoms with E-state index in [-0.39, 0.29) is 5.78 Å². The van der Waals surface area contributed by atoms with E-state index in [9.17, 15) is 4.79 Å². The second kappa shape index (κ2) is 5.64. The molecule has 0 amide bonds. The van der Waals surface area contributed by atoms with Crippen molar-refractivity contribution in [1.82, 2.24) is 4.98 Å². The SMILES string of the molecule is Cc1cncc(C(=O)CCCC(C)C)c1. The Hall–Kier alpha value is -1.18. The van der Waals surface area contributed by atoms with Crippen molar-refractivity contribution in [2.24, 2.45) is 5.92 Å². The van der Waals surface area contributed by atoms with Crippen LogP contribution in [0.1, 0.15) is 49.0 Å². The van der Waals surface area contributed by atoms with Gasteiger partial charge in [0.2, 0.25) is 0 Å². The summed E-state index contributed by atoms with van der Waals surface area (Å²) in [6, 6.07) is 1.91. The van der Waals surface area contributed by atoms with E-state index in [1.165, 1.54) is 0 Å². The Balaban J connectivity index is 2.47. The zero-order valence-corrected chi connectivity index (χ0v) is 9.79. The first-order valence-corrected chi connectivity index (χ1v) is 5.54. The normalized spacial score (nSPS) is 10.7. The number of nitrogens with zero attached hydrogens (tertiary/aromatic N) is 1. The van der Waals surface area contributed by atoms with Gasteiger partial charge in [0.05, 0.1) is 0 Å². The standard InChI is InChI=1S/C13H19NO/c1-10(2)5-4-6-13(15)12-7-11(3)8-14-9-12/h7-10H,4-6H2,1-3H3. The third-order valence-corrected chi connectivity index (χ3v) is 2.38. The van der Waals surface area contributed by atoms with Gasteiger partial charge in [-0.2, -0.15) is 0 Å². The maximum atomic E-state index is 11.7. The Labute approximate surface area is 91.7 Å². The molecule has 0 aromatic carbocycles. The molecule has 82 valence electrons. The van der Waals surface area contributed by atoms with Gasteiger partial charge in [-0.15, -0.1) is 0 Å². The Morgan fingerprint density at radius 1 is 1.40 bits per heavy atom.